The van der Waals surface area contributed by atoms with Gasteiger partial charge in [-0.25, -0.2) is 9.59 Å². The molecule has 0 spiro atoms. The Balaban J connectivity index is 1.52. The lowest BCUT2D eigenvalue weighted by molar-refractivity contribution is -0.362. The minimum Gasteiger partial charge on any atom is -0.458 e. The highest BCUT2D eigenvalue weighted by Crippen LogP contribution is 2.30. The van der Waals surface area contributed by atoms with Gasteiger partial charge in [0.05, 0.1) is 32.7 Å². The van der Waals surface area contributed by atoms with Crippen molar-refractivity contribution in [2.24, 2.45) is 29.4 Å². The first-order valence-electron chi connectivity index (χ1n) is 33.5. The van der Waals surface area contributed by atoms with Crippen molar-refractivity contribution in [3.05, 3.63) is 83.4 Å². The van der Waals surface area contributed by atoms with Crippen LogP contribution >= 0.6 is 0 Å². The zero-order chi connectivity index (χ0) is 76.0. The standard InChI is InChI=1S/C68H98N10O24/c1-11-35(8)52-65(96)78(10)42(26-37-17-13-12-14-18-37)61(92)76-50(33(4)5)62(93)71-28-47(83)70-29-48(84)75-51(34(6)7)63(94)73-41(25-32(2)3)66(97)98-36(9)53(64(95)72-40(27-45(69)81)60(91)77-52)74-46(82)23-21-38-19-15-16-20-39(38)22-24-49(85)101-68-59(57(89)55(87)44(31-80)100-68)102-67-58(90)56(88)54(86)43(30-79)99-67/h12-24,32-36,40-44,50-59,67-68,79-80,86-90H,11,25-31H2,1-10H3,(H2,69,81)(H,70,83)(H,71,93)(H,72,95)(H,73,94)(H,74,82)(H,75,84)(H,76,92)(H,77,91)/b23-21+,24-22+/t35-,36-,40-,41+,42+,43+,44-,50-,51-,52+,53-,54+,55-,56-,57+,58+,59-,67?,68+/m1/s1. The molecule has 2 aromatic carbocycles. The summed E-state index contributed by atoms with van der Waals surface area (Å²) in [6.07, 6.45) is -16.8. The number of hydrogen-bond acceptors (Lipinski definition) is 24. The molecule has 3 heterocycles. The summed E-state index contributed by atoms with van der Waals surface area (Å²) in [7, 11) is 1.30. The number of benzene rings is 2. The van der Waals surface area contributed by atoms with E-state index in [2.05, 4.69) is 42.5 Å². The zero-order valence-corrected chi connectivity index (χ0v) is 58.5. The first-order chi connectivity index (χ1) is 48.1. The Morgan fingerprint density at radius 1 is 0.637 bits per heavy atom. The third-order valence-electron chi connectivity index (χ3n) is 17.3. The molecule has 17 N–H and O–H groups in total. The number of primary amides is 1. The fourth-order valence-corrected chi connectivity index (χ4v) is 11.1. The molecule has 102 heavy (non-hydrogen) atoms. The van der Waals surface area contributed by atoms with Gasteiger partial charge in [-0.1, -0.05) is 116 Å². The number of nitrogens with two attached hydrogens (primary N) is 1. The largest absolute Gasteiger partial charge is 0.458 e. The van der Waals surface area contributed by atoms with Gasteiger partial charge in [-0.15, -0.1) is 0 Å². The van der Waals surface area contributed by atoms with E-state index in [1.165, 1.54) is 38.3 Å². The summed E-state index contributed by atoms with van der Waals surface area (Å²) in [5.74, 6) is -14.3. The smallest absolute Gasteiger partial charge is 0.333 e. The fourth-order valence-electron chi connectivity index (χ4n) is 11.1. The van der Waals surface area contributed by atoms with Crippen LogP contribution in [0.15, 0.2) is 66.7 Å². The van der Waals surface area contributed by atoms with Gasteiger partial charge in [0.15, 0.2) is 12.4 Å². The molecule has 0 saturated carbocycles. The number of carbonyl (C=O) groups is 12. The SMILES string of the molecule is CC[C@@H](C)[C@@H]1NC(=O)[C@@H](CC(N)=O)NC(=O)[C@H](NC(=O)/C=C/c2ccccc2/C=C/C(=O)O[C@@H]2O[C@H](CO)[C@@H](O)[C@H](O)[C@H]2OC2O[C@@H](CO)[C@H](O)[C@@H](O)[C@@H]2O)[C@@H](C)OC(=O)[C@H](CC(C)C)NC(=O)[C@@H](C(C)C)NC(=O)CNC(=O)CNC(=O)[C@@H](C(C)C)NC(=O)[C@H](Cc2ccccc2)N(C)C1=O. The first-order valence-corrected chi connectivity index (χ1v) is 33.5. The average molecular weight is 1440 g/mol. The van der Waals surface area contributed by atoms with Crippen molar-refractivity contribution in [3.8, 4) is 0 Å². The van der Waals surface area contributed by atoms with Crippen LogP contribution in [0.1, 0.15) is 98.3 Å². The quantitative estimate of drug-likeness (QED) is 0.0438. The molecule has 0 aliphatic carbocycles. The van der Waals surface area contributed by atoms with E-state index in [0.29, 0.717) is 5.56 Å². The maximum absolute atomic E-state index is 14.9. The molecule has 10 amide bonds. The number of rotatable bonds is 20. The summed E-state index contributed by atoms with van der Waals surface area (Å²) < 4.78 is 27.8. The number of aliphatic hydroxyl groups excluding tert-OH is 7. The fraction of sp³-hybridized carbons (Fsp3) is 0.588. The molecule has 34 nitrogen and oxygen atoms in total. The number of esters is 2. The Morgan fingerprint density at radius 3 is 1.76 bits per heavy atom. The molecule has 19 atom stereocenters. The van der Waals surface area contributed by atoms with E-state index in [1.807, 2.05) is 0 Å². The van der Waals surface area contributed by atoms with E-state index in [1.54, 1.807) is 97.9 Å². The van der Waals surface area contributed by atoms with Gasteiger partial charge in [0.25, 0.3) is 0 Å². The highest BCUT2D eigenvalue weighted by molar-refractivity contribution is 6.01. The lowest BCUT2D eigenvalue weighted by Gasteiger charge is -2.45. The number of nitrogens with zero attached hydrogens (tertiary/aromatic N) is 1. The lowest BCUT2D eigenvalue weighted by Crippen LogP contribution is -2.64. The van der Waals surface area contributed by atoms with Crippen molar-refractivity contribution < 1.29 is 117 Å². The summed E-state index contributed by atoms with van der Waals surface area (Å²) in [4.78, 5) is 170. The molecule has 564 valence electrons. The molecule has 5 rings (SSSR count). The second kappa shape index (κ2) is 39.5. The van der Waals surface area contributed by atoms with E-state index in [-0.39, 0.29) is 36.3 Å². The van der Waals surface area contributed by atoms with Crippen LogP contribution in [-0.4, -0.2) is 255 Å². The number of likely N-dealkylation sites (N-methyl/N-ethyl adjacent to an activating group) is 1. The average Bonchev–Trinajstić information content (AvgIpc) is 0.786. The van der Waals surface area contributed by atoms with Crippen LogP contribution in [0.25, 0.3) is 12.2 Å². The number of amides is 10. The second-order valence-electron chi connectivity index (χ2n) is 26.3. The van der Waals surface area contributed by atoms with Crippen molar-refractivity contribution in [3.63, 3.8) is 0 Å². The van der Waals surface area contributed by atoms with E-state index in [0.717, 1.165) is 17.1 Å². The lowest BCUT2D eigenvalue weighted by atomic mass is 9.95. The van der Waals surface area contributed by atoms with Crippen LogP contribution in [0, 0.1) is 23.7 Å². The van der Waals surface area contributed by atoms with Gasteiger partial charge in [0.1, 0.15) is 91.1 Å². The molecule has 0 aromatic heterocycles. The summed E-state index contributed by atoms with van der Waals surface area (Å²) in [5.41, 5.74) is 6.68. The molecule has 0 radical (unpaired) electrons. The third-order valence-corrected chi connectivity index (χ3v) is 17.3. The molecule has 0 bridgehead atoms. The van der Waals surface area contributed by atoms with Crippen LogP contribution < -0.4 is 48.3 Å². The predicted octanol–water partition coefficient (Wildman–Crippen LogP) is -4.68. The Morgan fingerprint density at radius 2 is 1.19 bits per heavy atom. The maximum Gasteiger partial charge on any atom is 0.333 e. The summed E-state index contributed by atoms with van der Waals surface area (Å²) in [6, 6.07) is 3.63. The summed E-state index contributed by atoms with van der Waals surface area (Å²) >= 11 is 0. The molecule has 34 heteroatoms. The maximum atomic E-state index is 14.9. The number of ether oxygens (including phenoxy) is 5. The number of aliphatic hydroxyl groups is 7. The molecule has 3 aliphatic heterocycles. The first kappa shape index (κ1) is 83.8. The number of nitrogens with one attached hydrogen (secondary N) is 8. The highest BCUT2D eigenvalue weighted by atomic mass is 16.8. The Hall–Kier alpha value is -8.84. The normalized spacial score (nSPS) is 30.2. The van der Waals surface area contributed by atoms with Crippen LogP contribution in [0.3, 0.4) is 0 Å². The van der Waals surface area contributed by atoms with Crippen LogP contribution in [0.2, 0.25) is 0 Å². The molecule has 3 aliphatic rings. The van der Waals surface area contributed by atoms with Crippen LogP contribution in [0.4, 0.5) is 0 Å². The van der Waals surface area contributed by atoms with Gasteiger partial charge < -0.3 is 113 Å². The van der Waals surface area contributed by atoms with Gasteiger partial charge in [-0.3, -0.25) is 47.9 Å². The van der Waals surface area contributed by atoms with E-state index in [9.17, 15) is 93.3 Å². The number of hydrogen-bond donors (Lipinski definition) is 16. The minimum atomic E-state index is -2.01. The Kier molecular flexibility index (Phi) is 32.5. The van der Waals surface area contributed by atoms with Crippen LogP contribution in [-0.2, 0) is 87.6 Å². The highest BCUT2D eigenvalue weighted by Gasteiger charge is 2.52. The minimum absolute atomic E-state index is 0.0951. The van der Waals surface area contributed by atoms with Gasteiger partial charge >= 0.3 is 11.9 Å². The Bertz CT molecular complexity index is 3300. The molecular formula is C68H98N10O24. The molecular weight excluding hydrogens is 1340 g/mol. The van der Waals surface area contributed by atoms with Gasteiger partial charge in [-0.2, -0.15) is 0 Å². The van der Waals surface area contributed by atoms with Gasteiger partial charge in [-0.05, 0) is 65.9 Å². The third kappa shape index (κ3) is 23.9. The number of cyclic esters (lactones) is 1. The summed E-state index contributed by atoms with van der Waals surface area (Å²) in [5, 5.41) is 92.7. The monoisotopic (exact) mass is 1440 g/mol. The predicted molar refractivity (Wildman–Crippen MR) is 359 cm³/mol. The number of carbonyl (C=O) groups excluding carboxylic acids is 12. The van der Waals surface area contributed by atoms with Crippen molar-refractivity contribution in [2.75, 3.05) is 33.4 Å². The van der Waals surface area contributed by atoms with E-state index < -0.39 is 231 Å². The van der Waals surface area contributed by atoms with Crippen LogP contribution in [0.5, 0.6) is 0 Å². The van der Waals surface area contributed by atoms with Crippen molar-refractivity contribution in [1.29, 1.82) is 0 Å². The van der Waals surface area contributed by atoms with Crippen molar-refractivity contribution in [1.82, 2.24) is 47.4 Å². The topological polar surface area (TPSA) is 518 Å². The molecule has 3 fully saturated rings. The molecule has 3 saturated heterocycles. The van der Waals surface area contributed by atoms with Crippen molar-refractivity contribution in [2.45, 2.75) is 198 Å². The Labute approximate surface area is 589 Å². The second-order valence-corrected chi connectivity index (χ2v) is 26.3. The van der Waals surface area contributed by atoms with E-state index >= 15 is 0 Å². The summed E-state index contributed by atoms with van der Waals surface area (Å²) in [6.45, 7) is 11.2. The van der Waals surface area contributed by atoms with Crippen molar-refractivity contribution >= 4 is 83.2 Å². The molecule has 2 aromatic rings. The van der Waals surface area contributed by atoms with Gasteiger partial charge in [0.2, 0.25) is 65.4 Å². The van der Waals surface area contributed by atoms with Gasteiger partial charge in [0, 0.05) is 25.6 Å². The molecule has 1 unspecified atom stereocenters. The van der Waals surface area contributed by atoms with E-state index in [4.69, 9.17) is 29.4 Å². The zero-order valence-electron chi connectivity index (χ0n) is 58.5.